The summed E-state index contributed by atoms with van der Waals surface area (Å²) in [6.07, 6.45) is 0. The Bertz CT molecular complexity index is 446. The number of halogens is 1. The highest BCUT2D eigenvalue weighted by molar-refractivity contribution is 9.10. The number of nitro benzene ring substituents is 1. The maximum atomic E-state index is 11.0. The Labute approximate surface area is 109 Å². The summed E-state index contributed by atoms with van der Waals surface area (Å²) >= 11 is 3.25. The normalized spacial score (nSPS) is 10.1. The molecule has 0 aliphatic rings. The summed E-state index contributed by atoms with van der Waals surface area (Å²) in [5, 5.41) is 11.0. The van der Waals surface area contributed by atoms with Crippen LogP contribution in [-0.2, 0) is 0 Å². The largest absolute Gasteiger partial charge is 0.362 e. The van der Waals surface area contributed by atoms with Crippen LogP contribution in [0.5, 0.6) is 0 Å². The first kappa shape index (κ1) is 13.7. The molecule has 0 N–H and O–H groups in total. The van der Waals surface area contributed by atoms with Crippen molar-refractivity contribution in [2.24, 2.45) is 0 Å². The van der Waals surface area contributed by atoms with Gasteiger partial charge in [-0.05, 0) is 26.0 Å². The van der Waals surface area contributed by atoms with Crippen molar-refractivity contribution in [2.75, 3.05) is 18.0 Å². The summed E-state index contributed by atoms with van der Waals surface area (Å²) in [6.45, 7) is 9.04. The number of rotatable bonds is 5. The number of hydrogen-bond acceptors (Lipinski definition) is 3. The fourth-order valence-electron chi connectivity index (χ4n) is 1.60. The van der Waals surface area contributed by atoms with Gasteiger partial charge in [-0.15, -0.1) is 0 Å². The lowest BCUT2D eigenvalue weighted by molar-refractivity contribution is -0.384. The van der Waals surface area contributed by atoms with Crippen LogP contribution in [-0.4, -0.2) is 18.0 Å². The highest BCUT2D eigenvalue weighted by atomic mass is 79.9. The molecule has 1 aromatic rings. The Kier molecular flexibility index (Phi) is 4.69. The van der Waals surface area contributed by atoms with E-state index in [-0.39, 0.29) is 10.6 Å². The fourth-order valence-corrected chi connectivity index (χ4v) is 1.95. The molecular formula is C12H15BrN2O2. The molecule has 0 radical (unpaired) electrons. The van der Waals surface area contributed by atoms with E-state index in [0.29, 0.717) is 23.2 Å². The third-order valence-electron chi connectivity index (χ3n) is 2.32. The third-order valence-corrected chi connectivity index (χ3v) is 2.81. The number of nitrogens with zero attached hydrogens (tertiary/aromatic N) is 2. The maximum Gasteiger partial charge on any atom is 0.293 e. The van der Waals surface area contributed by atoms with Crippen LogP contribution in [0.4, 0.5) is 11.4 Å². The lowest BCUT2D eigenvalue weighted by atomic mass is 10.2. The van der Waals surface area contributed by atoms with E-state index in [1.807, 2.05) is 24.8 Å². The monoisotopic (exact) mass is 298 g/mol. The smallest absolute Gasteiger partial charge is 0.293 e. The topological polar surface area (TPSA) is 46.4 Å². The molecule has 92 valence electrons. The maximum absolute atomic E-state index is 11.0. The zero-order chi connectivity index (χ0) is 13.0. The summed E-state index contributed by atoms with van der Waals surface area (Å²) in [4.78, 5) is 12.6. The van der Waals surface area contributed by atoms with Gasteiger partial charge in [0.1, 0.15) is 5.69 Å². The minimum absolute atomic E-state index is 0.113. The minimum atomic E-state index is -0.360. The van der Waals surface area contributed by atoms with Crippen LogP contribution < -0.4 is 4.90 Å². The molecule has 0 saturated carbocycles. The predicted molar refractivity (Wildman–Crippen MR) is 73.5 cm³/mol. The van der Waals surface area contributed by atoms with Crippen LogP contribution >= 0.6 is 15.9 Å². The molecule has 0 fully saturated rings. The summed E-state index contributed by atoms with van der Waals surface area (Å²) in [5.74, 6) is 0. The highest BCUT2D eigenvalue weighted by Crippen LogP contribution is 2.31. The molecular weight excluding hydrogens is 284 g/mol. The SMILES string of the molecule is C=C(C)CN(CC)c1ccc(Br)cc1[N+](=O)[O-]. The Hall–Kier alpha value is -1.36. The van der Waals surface area contributed by atoms with Gasteiger partial charge in [0.2, 0.25) is 0 Å². The predicted octanol–water partition coefficient (Wildman–Crippen LogP) is 3.76. The van der Waals surface area contributed by atoms with Gasteiger partial charge in [-0.25, -0.2) is 0 Å². The number of benzene rings is 1. The molecule has 0 bridgehead atoms. The van der Waals surface area contributed by atoms with Crippen LogP contribution in [0.2, 0.25) is 0 Å². The lowest BCUT2D eigenvalue weighted by Crippen LogP contribution is -2.25. The van der Waals surface area contributed by atoms with Gasteiger partial charge in [0.05, 0.1) is 4.92 Å². The van der Waals surface area contributed by atoms with Gasteiger partial charge >= 0.3 is 0 Å². The van der Waals surface area contributed by atoms with E-state index < -0.39 is 0 Å². The molecule has 0 aliphatic heterocycles. The van der Waals surface area contributed by atoms with Crippen molar-refractivity contribution in [1.29, 1.82) is 0 Å². The van der Waals surface area contributed by atoms with Gasteiger partial charge in [-0.2, -0.15) is 0 Å². The Morgan fingerprint density at radius 3 is 2.71 bits per heavy atom. The second kappa shape index (κ2) is 5.82. The van der Waals surface area contributed by atoms with Crippen molar-refractivity contribution in [3.05, 3.63) is 44.9 Å². The van der Waals surface area contributed by atoms with Crippen molar-refractivity contribution >= 4 is 27.3 Å². The van der Waals surface area contributed by atoms with Crippen LogP contribution in [0, 0.1) is 10.1 Å². The second-order valence-corrected chi connectivity index (χ2v) is 4.78. The summed E-state index contributed by atoms with van der Waals surface area (Å²) in [7, 11) is 0. The number of nitro groups is 1. The van der Waals surface area contributed by atoms with Crippen LogP contribution in [0.15, 0.2) is 34.8 Å². The summed E-state index contributed by atoms with van der Waals surface area (Å²) < 4.78 is 0.708. The standard InChI is InChI=1S/C12H15BrN2O2/c1-4-14(8-9(2)3)11-6-5-10(13)7-12(11)15(16)17/h5-7H,2,4,8H2,1,3H3. The van der Waals surface area contributed by atoms with E-state index in [4.69, 9.17) is 0 Å². The van der Waals surface area contributed by atoms with Gasteiger partial charge in [0.25, 0.3) is 5.69 Å². The van der Waals surface area contributed by atoms with Crippen molar-refractivity contribution in [3.63, 3.8) is 0 Å². The van der Waals surface area contributed by atoms with E-state index in [1.165, 1.54) is 6.07 Å². The number of likely N-dealkylation sites (N-methyl/N-ethyl adjacent to an activating group) is 1. The zero-order valence-corrected chi connectivity index (χ0v) is 11.5. The van der Waals surface area contributed by atoms with Crippen LogP contribution in [0.3, 0.4) is 0 Å². The van der Waals surface area contributed by atoms with Crippen molar-refractivity contribution in [3.8, 4) is 0 Å². The van der Waals surface area contributed by atoms with Gasteiger partial charge in [0.15, 0.2) is 0 Å². The average molecular weight is 299 g/mol. The molecule has 0 spiro atoms. The summed E-state index contributed by atoms with van der Waals surface area (Å²) in [5.41, 5.74) is 1.72. The van der Waals surface area contributed by atoms with Gasteiger partial charge in [0, 0.05) is 23.6 Å². The van der Waals surface area contributed by atoms with E-state index in [2.05, 4.69) is 22.5 Å². The molecule has 0 aliphatic carbocycles. The van der Waals surface area contributed by atoms with E-state index in [9.17, 15) is 10.1 Å². The molecule has 0 aromatic heterocycles. The first-order valence-electron chi connectivity index (χ1n) is 5.29. The van der Waals surface area contributed by atoms with Gasteiger partial charge in [-0.1, -0.05) is 28.1 Å². The second-order valence-electron chi connectivity index (χ2n) is 3.86. The van der Waals surface area contributed by atoms with Crippen molar-refractivity contribution < 1.29 is 4.92 Å². The molecule has 0 atom stereocenters. The Morgan fingerprint density at radius 1 is 1.59 bits per heavy atom. The van der Waals surface area contributed by atoms with Crippen LogP contribution in [0.25, 0.3) is 0 Å². The molecule has 4 nitrogen and oxygen atoms in total. The fraction of sp³-hybridized carbons (Fsp3) is 0.333. The van der Waals surface area contributed by atoms with Crippen molar-refractivity contribution in [1.82, 2.24) is 0 Å². The third kappa shape index (κ3) is 3.56. The first-order chi connectivity index (χ1) is 7.95. The van der Waals surface area contributed by atoms with E-state index in [1.54, 1.807) is 6.07 Å². The number of anilines is 1. The molecule has 5 heteroatoms. The average Bonchev–Trinajstić information content (AvgIpc) is 2.25. The quantitative estimate of drug-likeness (QED) is 0.472. The molecule has 1 aromatic carbocycles. The highest BCUT2D eigenvalue weighted by Gasteiger charge is 2.18. The van der Waals surface area contributed by atoms with Gasteiger partial charge in [-0.3, -0.25) is 10.1 Å². The Balaban J connectivity index is 3.18. The van der Waals surface area contributed by atoms with Gasteiger partial charge < -0.3 is 4.90 Å². The van der Waals surface area contributed by atoms with E-state index >= 15 is 0 Å². The van der Waals surface area contributed by atoms with Crippen molar-refractivity contribution in [2.45, 2.75) is 13.8 Å². The van der Waals surface area contributed by atoms with E-state index in [0.717, 1.165) is 5.57 Å². The lowest BCUT2D eigenvalue weighted by Gasteiger charge is -2.22. The number of hydrogen-bond donors (Lipinski definition) is 0. The molecule has 0 saturated heterocycles. The van der Waals surface area contributed by atoms with Crippen LogP contribution in [0.1, 0.15) is 13.8 Å². The molecule has 17 heavy (non-hydrogen) atoms. The molecule has 0 unspecified atom stereocenters. The molecule has 0 amide bonds. The first-order valence-corrected chi connectivity index (χ1v) is 6.08. The minimum Gasteiger partial charge on any atom is -0.362 e. The Morgan fingerprint density at radius 2 is 2.24 bits per heavy atom. The summed E-state index contributed by atoms with van der Waals surface area (Å²) in [6, 6.07) is 5.09. The zero-order valence-electron chi connectivity index (χ0n) is 9.94. The molecule has 0 heterocycles. The molecule has 1 rings (SSSR count).